The third kappa shape index (κ3) is 5.13. The van der Waals surface area contributed by atoms with Crippen molar-refractivity contribution in [3.8, 4) is 0 Å². The van der Waals surface area contributed by atoms with Crippen molar-refractivity contribution in [3.63, 3.8) is 0 Å². The standard InChI is InChI=1S/C18H25ClN4O2S3/c1-4-6-22(14-5-7-28(24,25)10-14)11-23-18(26)27-17(21-23)20-16-13(3)8-12(2)9-15(16)19/h8-9,14H,4-7,10-11H2,1-3H3,(H,20,21)/t14-/m1/s1. The molecule has 0 bridgehead atoms. The van der Waals surface area contributed by atoms with Crippen LogP contribution < -0.4 is 5.32 Å². The number of sulfone groups is 1. The first-order valence-electron chi connectivity index (χ1n) is 9.24. The van der Waals surface area contributed by atoms with Crippen LogP contribution >= 0.6 is 35.2 Å². The Morgan fingerprint density at radius 3 is 2.79 bits per heavy atom. The molecule has 28 heavy (non-hydrogen) atoms. The number of hydrogen-bond donors (Lipinski definition) is 1. The summed E-state index contributed by atoms with van der Waals surface area (Å²) in [5.41, 5.74) is 2.98. The molecule has 0 saturated carbocycles. The van der Waals surface area contributed by atoms with Gasteiger partial charge in [0.1, 0.15) is 0 Å². The fourth-order valence-electron chi connectivity index (χ4n) is 3.52. The Morgan fingerprint density at radius 1 is 1.43 bits per heavy atom. The Kier molecular flexibility index (Phi) is 6.81. The minimum Gasteiger partial charge on any atom is -0.329 e. The first kappa shape index (κ1) is 21.7. The van der Waals surface area contributed by atoms with Gasteiger partial charge in [0.2, 0.25) is 5.13 Å². The molecule has 10 heteroatoms. The summed E-state index contributed by atoms with van der Waals surface area (Å²) in [6, 6.07) is 4.00. The van der Waals surface area contributed by atoms with Crippen molar-refractivity contribution in [2.75, 3.05) is 23.4 Å². The molecule has 1 N–H and O–H groups in total. The molecule has 0 radical (unpaired) electrons. The van der Waals surface area contributed by atoms with E-state index in [0.717, 1.165) is 29.8 Å². The zero-order valence-corrected chi connectivity index (χ0v) is 19.4. The number of rotatable bonds is 7. The highest BCUT2D eigenvalue weighted by Crippen LogP contribution is 2.31. The molecular formula is C18H25ClN4O2S3. The van der Waals surface area contributed by atoms with Gasteiger partial charge >= 0.3 is 0 Å². The van der Waals surface area contributed by atoms with Crippen molar-refractivity contribution in [3.05, 3.63) is 32.2 Å². The monoisotopic (exact) mass is 460 g/mol. The predicted octanol–water partition coefficient (Wildman–Crippen LogP) is 4.54. The van der Waals surface area contributed by atoms with Crippen LogP contribution in [0.5, 0.6) is 0 Å². The van der Waals surface area contributed by atoms with Crippen LogP contribution in [0.3, 0.4) is 0 Å². The zero-order chi connectivity index (χ0) is 20.5. The predicted molar refractivity (Wildman–Crippen MR) is 119 cm³/mol. The lowest BCUT2D eigenvalue weighted by atomic mass is 10.1. The van der Waals surface area contributed by atoms with Crippen LogP contribution in [0.2, 0.25) is 5.02 Å². The molecule has 0 amide bonds. The summed E-state index contributed by atoms with van der Waals surface area (Å²) in [5.74, 6) is 0.478. The van der Waals surface area contributed by atoms with Crippen molar-refractivity contribution in [1.29, 1.82) is 0 Å². The highest BCUT2D eigenvalue weighted by atomic mass is 35.5. The molecule has 1 fully saturated rings. The summed E-state index contributed by atoms with van der Waals surface area (Å²) < 4.78 is 26.2. The van der Waals surface area contributed by atoms with E-state index >= 15 is 0 Å². The van der Waals surface area contributed by atoms with E-state index < -0.39 is 9.84 Å². The van der Waals surface area contributed by atoms with Crippen molar-refractivity contribution < 1.29 is 8.42 Å². The molecular weight excluding hydrogens is 436 g/mol. The lowest BCUT2D eigenvalue weighted by Gasteiger charge is -2.27. The number of nitrogens with zero attached hydrogens (tertiary/aromatic N) is 3. The summed E-state index contributed by atoms with van der Waals surface area (Å²) in [7, 11) is -2.93. The molecule has 0 aliphatic carbocycles. The molecule has 1 atom stereocenters. The van der Waals surface area contributed by atoms with Gasteiger partial charge in [0.15, 0.2) is 13.8 Å². The van der Waals surface area contributed by atoms with Crippen molar-refractivity contribution in [2.45, 2.75) is 46.3 Å². The molecule has 0 spiro atoms. The normalized spacial score (nSPS) is 18.7. The van der Waals surface area contributed by atoms with Gasteiger partial charge in [-0.25, -0.2) is 13.1 Å². The van der Waals surface area contributed by atoms with E-state index in [1.807, 2.05) is 19.9 Å². The van der Waals surface area contributed by atoms with Gasteiger partial charge in [0.25, 0.3) is 0 Å². The van der Waals surface area contributed by atoms with Crippen LogP contribution in [0.25, 0.3) is 0 Å². The minimum absolute atomic E-state index is 0.0266. The van der Waals surface area contributed by atoms with E-state index in [1.54, 1.807) is 4.68 Å². The van der Waals surface area contributed by atoms with Crippen molar-refractivity contribution in [2.24, 2.45) is 0 Å². The molecule has 1 aromatic carbocycles. The zero-order valence-electron chi connectivity index (χ0n) is 16.2. The summed E-state index contributed by atoms with van der Waals surface area (Å²) in [6.45, 7) is 7.40. The van der Waals surface area contributed by atoms with E-state index in [2.05, 4.69) is 28.3 Å². The molecule has 6 nitrogen and oxygen atoms in total. The van der Waals surface area contributed by atoms with Gasteiger partial charge in [-0.15, -0.1) is 5.10 Å². The first-order chi connectivity index (χ1) is 13.2. The number of nitrogens with one attached hydrogen (secondary N) is 1. The second-order valence-electron chi connectivity index (χ2n) is 7.25. The fraction of sp³-hybridized carbons (Fsp3) is 0.556. The van der Waals surface area contributed by atoms with E-state index in [1.165, 1.54) is 11.3 Å². The Bertz CT molecular complexity index is 993. The smallest absolute Gasteiger partial charge is 0.209 e. The lowest BCUT2D eigenvalue weighted by Crippen LogP contribution is -2.38. The van der Waals surface area contributed by atoms with Crippen LogP contribution in [0, 0.1) is 17.8 Å². The molecule has 1 aliphatic rings. The van der Waals surface area contributed by atoms with Gasteiger partial charge in [0.05, 0.1) is 28.9 Å². The van der Waals surface area contributed by atoms with E-state index in [0.29, 0.717) is 27.2 Å². The molecule has 1 saturated heterocycles. The second kappa shape index (κ2) is 8.79. The van der Waals surface area contributed by atoms with Crippen LogP contribution in [-0.4, -0.2) is 47.2 Å². The highest BCUT2D eigenvalue weighted by molar-refractivity contribution is 7.91. The number of anilines is 2. The molecule has 2 heterocycles. The topological polar surface area (TPSA) is 67.2 Å². The van der Waals surface area contributed by atoms with E-state index in [-0.39, 0.29) is 17.5 Å². The Balaban J connectivity index is 1.79. The van der Waals surface area contributed by atoms with E-state index in [9.17, 15) is 8.42 Å². The molecule has 1 aliphatic heterocycles. The van der Waals surface area contributed by atoms with Crippen LogP contribution in [0.4, 0.5) is 10.8 Å². The van der Waals surface area contributed by atoms with Gasteiger partial charge in [-0.05, 0) is 62.6 Å². The van der Waals surface area contributed by atoms with Gasteiger partial charge < -0.3 is 5.32 Å². The number of halogens is 1. The molecule has 154 valence electrons. The first-order valence-corrected chi connectivity index (χ1v) is 12.7. The average molecular weight is 461 g/mol. The van der Waals surface area contributed by atoms with Crippen molar-refractivity contribution in [1.82, 2.24) is 14.7 Å². The Hall–Kier alpha value is -1.00. The number of hydrogen-bond acceptors (Lipinski definition) is 7. The summed E-state index contributed by atoms with van der Waals surface area (Å²) >= 11 is 13.3. The summed E-state index contributed by atoms with van der Waals surface area (Å²) in [4.78, 5) is 2.17. The van der Waals surface area contributed by atoms with Crippen LogP contribution in [0.15, 0.2) is 12.1 Å². The maximum Gasteiger partial charge on any atom is 0.209 e. The third-order valence-corrected chi connectivity index (χ3v) is 8.09. The molecule has 0 unspecified atom stereocenters. The Labute approximate surface area is 180 Å². The second-order valence-corrected chi connectivity index (χ2v) is 11.5. The summed E-state index contributed by atoms with van der Waals surface area (Å²) in [6.07, 6.45) is 1.61. The van der Waals surface area contributed by atoms with Gasteiger partial charge in [-0.1, -0.05) is 35.9 Å². The molecule has 1 aromatic heterocycles. The lowest BCUT2D eigenvalue weighted by molar-refractivity contribution is 0.156. The average Bonchev–Trinajstić information content (AvgIpc) is 3.12. The third-order valence-electron chi connectivity index (χ3n) is 4.82. The largest absolute Gasteiger partial charge is 0.329 e. The molecule has 3 rings (SSSR count). The Morgan fingerprint density at radius 2 is 2.18 bits per heavy atom. The van der Waals surface area contributed by atoms with Gasteiger partial charge in [0, 0.05) is 6.04 Å². The minimum atomic E-state index is -2.93. The quantitative estimate of drug-likeness (QED) is 0.611. The number of aromatic nitrogens is 2. The van der Waals surface area contributed by atoms with E-state index in [4.69, 9.17) is 23.8 Å². The fourth-order valence-corrected chi connectivity index (χ4v) is 6.65. The highest BCUT2D eigenvalue weighted by Gasteiger charge is 2.32. The number of aryl methyl sites for hydroxylation is 2. The molecule has 2 aromatic rings. The maximum atomic E-state index is 11.9. The van der Waals surface area contributed by atoms with Crippen LogP contribution in [0.1, 0.15) is 30.9 Å². The van der Waals surface area contributed by atoms with Crippen molar-refractivity contribution >= 4 is 55.8 Å². The number of benzene rings is 1. The van der Waals surface area contributed by atoms with Gasteiger partial charge in [-0.3, -0.25) is 4.90 Å². The SMILES string of the molecule is CCCN(Cn1nc(Nc2c(C)cc(C)cc2Cl)sc1=S)[C@@H]1CCS(=O)(=O)C1. The summed E-state index contributed by atoms with van der Waals surface area (Å²) in [5, 5.41) is 9.22. The van der Waals surface area contributed by atoms with Gasteiger partial charge in [-0.2, -0.15) is 0 Å². The van der Waals surface area contributed by atoms with Crippen LogP contribution in [-0.2, 0) is 16.5 Å². The maximum absolute atomic E-state index is 11.9.